The topological polar surface area (TPSA) is 65.9 Å². The van der Waals surface area contributed by atoms with E-state index in [0.29, 0.717) is 17.7 Å². The summed E-state index contributed by atoms with van der Waals surface area (Å²) in [5.41, 5.74) is 1.93. The third-order valence-corrected chi connectivity index (χ3v) is 2.55. The first-order valence-corrected chi connectivity index (χ1v) is 5.61. The van der Waals surface area contributed by atoms with Gasteiger partial charge in [-0.2, -0.15) is 5.26 Å². The largest absolute Gasteiger partial charge is 0.463 e. The number of para-hydroxylation sites is 1. The van der Waals surface area contributed by atoms with Gasteiger partial charge in [0, 0.05) is 28.7 Å². The van der Waals surface area contributed by atoms with Gasteiger partial charge in [-0.1, -0.05) is 18.2 Å². The Hall–Kier alpha value is -2.54. The molecule has 18 heavy (non-hydrogen) atoms. The van der Waals surface area contributed by atoms with Crippen molar-refractivity contribution >= 4 is 22.4 Å². The molecule has 90 valence electrons. The fraction of sp³-hybridized carbons (Fsp3) is 0.143. The van der Waals surface area contributed by atoms with E-state index in [1.54, 1.807) is 13.1 Å². The third-order valence-electron chi connectivity index (χ3n) is 2.55. The highest BCUT2D eigenvalue weighted by Gasteiger charge is 2.10. The number of hydrogen-bond acceptors (Lipinski definition) is 3. The molecule has 0 saturated carbocycles. The summed E-state index contributed by atoms with van der Waals surface area (Å²) in [5, 5.41) is 10.0. The maximum absolute atomic E-state index is 11.4. The van der Waals surface area contributed by atoms with E-state index in [1.807, 2.05) is 30.3 Å². The monoisotopic (exact) mass is 240 g/mol. The Kier molecular flexibility index (Phi) is 3.44. The second-order valence-electron chi connectivity index (χ2n) is 3.67. The molecule has 0 atom stereocenters. The Balaban J connectivity index is 2.46. The predicted molar refractivity (Wildman–Crippen MR) is 68.5 cm³/mol. The number of carbonyl (C=O) groups excluding carboxylic acids is 1. The van der Waals surface area contributed by atoms with Crippen molar-refractivity contribution in [1.29, 1.82) is 5.26 Å². The molecule has 1 N–H and O–H groups in total. The van der Waals surface area contributed by atoms with Crippen molar-refractivity contribution in [3.8, 4) is 6.07 Å². The average molecular weight is 240 g/mol. The van der Waals surface area contributed by atoms with Gasteiger partial charge in [-0.05, 0) is 13.0 Å². The molecule has 0 saturated heterocycles. The van der Waals surface area contributed by atoms with Crippen LogP contribution in [0.15, 0.2) is 36.5 Å². The van der Waals surface area contributed by atoms with Crippen LogP contribution in [0.3, 0.4) is 0 Å². The van der Waals surface area contributed by atoms with E-state index in [4.69, 9.17) is 10.00 Å². The first-order chi connectivity index (χ1) is 8.76. The molecule has 2 rings (SSSR count). The number of benzene rings is 1. The molecule has 2 aromatic rings. The van der Waals surface area contributed by atoms with Crippen LogP contribution >= 0.6 is 0 Å². The Labute approximate surface area is 104 Å². The minimum atomic E-state index is -0.501. The van der Waals surface area contributed by atoms with E-state index in [1.165, 1.54) is 6.08 Å². The molecule has 0 unspecified atom stereocenters. The van der Waals surface area contributed by atoms with E-state index in [9.17, 15) is 4.79 Å². The fourth-order valence-electron chi connectivity index (χ4n) is 1.77. The van der Waals surface area contributed by atoms with Gasteiger partial charge in [0.05, 0.1) is 12.2 Å². The second kappa shape index (κ2) is 5.19. The molecule has 0 aliphatic rings. The second-order valence-corrected chi connectivity index (χ2v) is 3.67. The van der Waals surface area contributed by atoms with E-state index in [-0.39, 0.29) is 0 Å². The van der Waals surface area contributed by atoms with Crippen LogP contribution in [-0.4, -0.2) is 17.6 Å². The highest BCUT2D eigenvalue weighted by molar-refractivity contribution is 6.02. The smallest absolute Gasteiger partial charge is 0.332 e. The average Bonchev–Trinajstić information content (AvgIpc) is 2.80. The van der Waals surface area contributed by atoms with Gasteiger partial charge in [0.2, 0.25) is 0 Å². The van der Waals surface area contributed by atoms with E-state index in [2.05, 4.69) is 4.98 Å². The van der Waals surface area contributed by atoms with Crippen LogP contribution < -0.4 is 0 Å². The zero-order valence-corrected chi connectivity index (χ0v) is 9.93. The van der Waals surface area contributed by atoms with Crippen LogP contribution in [0.4, 0.5) is 0 Å². The van der Waals surface area contributed by atoms with E-state index in [0.717, 1.165) is 10.9 Å². The number of nitrogens with one attached hydrogen (secondary N) is 1. The van der Waals surface area contributed by atoms with Gasteiger partial charge in [-0.3, -0.25) is 0 Å². The van der Waals surface area contributed by atoms with Crippen LogP contribution in [0.25, 0.3) is 16.5 Å². The summed E-state index contributed by atoms with van der Waals surface area (Å²) in [5.74, 6) is -0.501. The molecule has 0 aliphatic carbocycles. The number of aromatic amines is 1. The highest BCUT2D eigenvalue weighted by Crippen LogP contribution is 2.24. The minimum absolute atomic E-state index is 0.294. The van der Waals surface area contributed by atoms with Crippen molar-refractivity contribution in [2.45, 2.75) is 6.92 Å². The van der Waals surface area contributed by atoms with Crippen LogP contribution in [0.5, 0.6) is 0 Å². The Morgan fingerprint density at radius 1 is 1.50 bits per heavy atom. The number of aromatic nitrogens is 1. The summed E-state index contributed by atoms with van der Waals surface area (Å²) in [6, 6.07) is 9.64. The number of esters is 1. The van der Waals surface area contributed by atoms with Gasteiger partial charge < -0.3 is 9.72 Å². The lowest BCUT2D eigenvalue weighted by Crippen LogP contribution is -2.00. The number of rotatable bonds is 3. The van der Waals surface area contributed by atoms with Crippen LogP contribution in [-0.2, 0) is 9.53 Å². The summed E-state index contributed by atoms with van der Waals surface area (Å²) < 4.78 is 4.81. The number of hydrogen-bond donors (Lipinski definition) is 1. The molecule has 0 aliphatic heterocycles. The molecule has 4 heteroatoms. The number of H-pyrrole nitrogens is 1. The maximum Gasteiger partial charge on any atom is 0.332 e. The number of fused-ring (bicyclic) bond motifs is 1. The predicted octanol–water partition coefficient (Wildman–Crippen LogP) is 2.64. The van der Waals surface area contributed by atoms with Crippen LogP contribution in [0.2, 0.25) is 0 Å². The number of nitrogens with zero attached hydrogens (tertiary/aromatic N) is 1. The molecule has 1 heterocycles. The Morgan fingerprint density at radius 3 is 3.00 bits per heavy atom. The summed E-state index contributed by atoms with van der Waals surface area (Å²) >= 11 is 0. The van der Waals surface area contributed by atoms with Crippen molar-refractivity contribution < 1.29 is 9.53 Å². The minimum Gasteiger partial charge on any atom is -0.463 e. The summed E-state index contributed by atoms with van der Waals surface area (Å²) in [6.45, 7) is 2.02. The van der Waals surface area contributed by atoms with Crippen molar-refractivity contribution in [2.75, 3.05) is 6.61 Å². The van der Waals surface area contributed by atoms with Crippen LogP contribution in [0, 0.1) is 11.3 Å². The molecule has 1 aromatic heterocycles. The van der Waals surface area contributed by atoms with Crippen LogP contribution in [0.1, 0.15) is 12.5 Å². The molecule has 0 spiro atoms. The number of ether oxygens (including phenoxy) is 1. The zero-order valence-electron chi connectivity index (χ0n) is 9.93. The Bertz CT molecular complexity index is 647. The lowest BCUT2D eigenvalue weighted by atomic mass is 10.1. The quantitative estimate of drug-likeness (QED) is 0.509. The van der Waals surface area contributed by atoms with Gasteiger partial charge >= 0.3 is 5.97 Å². The van der Waals surface area contributed by atoms with Crippen molar-refractivity contribution in [1.82, 2.24) is 4.98 Å². The van der Waals surface area contributed by atoms with Crippen molar-refractivity contribution in [3.63, 3.8) is 0 Å². The molecule has 4 nitrogen and oxygen atoms in total. The first-order valence-electron chi connectivity index (χ1n) is 5.61. The molecule has 0 radical (unpaired) electrons. The van der Waals surface area contributed by atoms with Crippen molar-refractivity contribution in [2.24, 2.45) is 0 Å². The number of nitriles is 1. The van der Waals surface area contributed by atoms with Gasteiger partial charge in [0.15, 0.2) is 0 Å². The van der Waals surface area contributed by atoms with E-state index >= 15 is 0 Å². The Morgan fingerprint density at radius 2 is 2.28 bits per heavy atom. The normalized spacial score (nSPS) is 11.2. The highest BCUT2D eigenvalue weighted by atomic mass is 16.5. The molecule has 0 amide bonds. The van der Waals surface area contributed by atoms with Gasteiger partial charge in [0.25, 0.3) is 0 Å². The van der Waals surface area contributed by atoms with Gasteiger partial charge in [0.1, 0.15) is 6.07 Å². The van der Waals surface area contributed by atoms with Gasteiger partial charge in [-0.25, -0.2) is 4.79 Å². The van der Waals surface area contributed by atoms with Gasteiger partial charge in [-0.15, -0.1) is 0 Å². The third kappa shape index (κ3) is 2.25. The fourth-order valence-corrected chi connectivity index (χ4v) is 1.77. The number of allylic oxidation sites excluding steroid dienone is 1. The number of carbonyl (C=O) groups is 1. The lowest BCUT2D eigenvalue weighted by Gasteiger charge is -1.98. The zero-order chi connectivity index (χ0) is 13.0. The van der Waals surface area contributed by atoms with E-state index < -0.39 is 5.97 Å². The molecule has 0 fully saturated rings. The first kappa shape index (κ1) is 11.9. The standard InChI is InChI=1S/C14H12N2O2/c1-2-18-14(17)7-10(8-15)12-9-16-13-6-4-3-5-11(12)13/h3-7,9,16H,2H2,1H3/b10-7+. The lowest BCUT2D eigenvalue weighted by molar-refractivity contribution is -0.137. The SMILES string of the molecule is CCOC(=O)/C=C(\C#N)c1c[nH]c2ccccc12. The molecular formula is C14H12N2O2. The maximum atomic E-state index is 11.4. The molecule has 0 bridgehead atoms. The molecular weight excluding hydrogens is 228 g/mol. The van der Waals surface area contributed by atoms with Crippen molar-refractivity contribution in [3.05, 3.63) is 42.1 Å². The summed E-state index contributed by atoms with van der Waals surface area (Å²) in [6.07, 6.45) is 2.94. The summed E-state index contributed by atoms with van der Waals surface area (Å²) in [7, 11) is 0. The molecule has 1 aromatic carbocycles. The summed E-state index contributed by atoms with van der Waals surface area (Å²) in [4.78, 5) is 14.4.